The molecule has 96 valence electrons. The van der Waals surface area contributed by atoms with Crippen molar-refractivity contribution in [3.8, 4) is 0 Å². The van der Waals surface area contributed by atoms with Crippen molar-refractivity contribution in [2.75, 3.05) is 20.3 Å². The highest BCUT2D eigenvalue weighted by Gasteiger charge is 2.41. The standard InChI is InChI=1S/C12H24O4/c1-5-15-11-9(13)8-10(11)16-7-6-12(2,3)14-4/h9-11,13H,5-8H2,1-4H3. The fraction of sp³-hybridized carbons (Fsp3) is 1.00. The molecular weight excluding hydrogens is 208 g/mol. The van der Waals surface area contributed by atoms with E-state index in [0.717, 1.165) is 6.42 Å². The Balaban J connectivity index is 2.19. The monoisotopic (exact) mass is 232 g/mol. The summed E-state index contributed by atoms with van der Waals surface area (Å²) in [5.74, 6) is 0. The van der Waals surface area contributed by atoms with Crippen molar-refractivity contribution in [2.24, 2.45) is 0 Å². The van der Waals surface area contributed by atoms with E-state index in [-0.39, 0.29) is 23.9 Å². The minimum absolute atomic E-state index is 0.0441. The van der Waals surface area contributed by atoms with Crippen LogP contribution in [-0.2, 0) is 14.2 Å². The van der Waals surface area contributed by atoms with Crippen LogP contribution in [0.4, 0.5) is 0 Å². The van der Waals surface area contributed by atoms with Crippen LogP contribution in [0.3, 0.4) is 0 Å². The first kappa shape index (κ1) is 13.9. The summed E-state index contributed by atoms with van der Waals surface area (Å²) in [5, 5.41) is 9.48. The van der Waals surface area contributed by atoms with Gasteiger partial charge in [0.25, 0.3) is 0 Å². The Bertz CT molecular complexity index is 205. The quantitative estimate of drug-likeness (QED) is 0.720. The number of aliphatic hydroxyl groups excluding tert-OH is 1. The Morgan fingerprint density at radius 2 is 2.00 bits per heavy atom. The molecule has 0 aromatic carbocycles. The largest absolute Gasteiger partial charge is 0.390 e. The number of methoxy groups -OCH3 is 1. The summed E-state index contributed by atoms with van der Waals surface area (Å²) in [4.78, 5) is 0. The highest BCUT2D eigenvalue weighted by atomic mass is 16.6. The normalized spacial score (nSPS) is 30.2. The number of rotatable bonds is 7. The van der Waals surface area contributed by atoms with Crippen LogP contribution in [0.25, 0.3) is 0 Å². The fourth-order valence-corrected chi connectivity index (χ4v) is 1.69. The molecule has 1 saturated carbocycles. The lowest BCUT2D eigenvalue weighted by molar-refractivity contribution is -0.193. The number of ether oxygens (including phenoxy) is 3. The van der Waals surface area contributed by atoms with Crippen molar-refractivity contribution in [3.63, 3.8) is 0 Å². The molecule has 3 unspecified atom stereocenters. The molecule has 0 aromatic rings. The van der Waals surface area contributed by atoms with Crippen LogP contribution in [0.1, 0.15) is 33.6 Å². The van der Waals surface area contributed by atoms with Crippen molar-refractivity contribution in [3.05, 3.63) is 0 Å². The van der Waals surface area contributed by atoms with Crippen molar-refractivity contribution < 1.29 is 19.3 Å². The molecule has 1 rings (SSSR count). The van der Waals surface area contributed by atoms with Crippen LogP contribution >= 0.6 is 0 Å². The smallest absolute Gasteiger partial charge is 0.110 e. The zero-order valence-electron chi connectivity index (χ0n) is 10.7. The summed E-state index contributed by atoms with van der Waals surface area (Å²) in [7, 11) is 1.70. The summed E-state index contributed by atoms with van der Waals surface area (Å²) >= 11 is 0. The molecule has 0 bridgehead atoms. The first-order chi connectivity index (χ1) is 7.50. The number of hydrogen-bond acceptors (Lipinski definition) is 4. The molecule has 1 fully saturated rings. The molecule has 3 atom stereocenters. The van der Waals surface area contributed by atoms with Gasteiger partial charge in [-0.3, -0.25) is 0 Å². The Hall–Kier alpha value is -0.160. The third-order valence-electron chi connectivity index (χ3n) is 3.17. The second kappa shape index (κ2) is 5.96. The topological polar surface area (TPSA) is 47.9 Å². The van der Waals surface area contributed by atoms with Crippen LogP contribution in [0, 0.1) is 0 Å². The van der Waals surface area contributed by atoms with Gasteiger partial charge in [0.05, 0.1) is 17.8 Å². The Morgan fingerprint density at radius 3 is 2.50 bits per heavy atom. The van der Waals surface area contributed by atoms with Gasteiger partial charge in [0.15, 0.2) is 0 Å². The predicted molar refractivity (Wildman–Crippen MR) is 61.5 cm³/mol. The van der Waals surface area contributed by atoms with Crippen molar-refractivity contribution in [2.45, 2.75) is 57.5 Å². The third-order valence-corrected chi connectivity index (χ3v) is 3.17. The molecule has 0 heterocycles. The lowest BCUT2D eigenvalue weighted by Crippen LogP contribution is -2.53. The molecule has 0 saturated heterocycles. The molecule has 0 amide bonds. The molecule has 1 aliphatic carbocycles. The minimum Gasteiger partial charge on any atom is -0.390 e. The molecule has 4 nitrogen and oxygen atoms in total. The zero-order valence-corrected chi connectivity index (χ0v) is 10.7. The second-order valence-corrected chi connectivity index (χ2v) is 4.85. The SMILES string of the molecule is CCOC1C(O)CC1OCCC(C)(C)OC. The first-order valence-corrected chi connectivity index (χ1v) is 5.96. The van der Waals surface area contributed by atoms with Crippen LogP contribution < -0.4 is 0 Å². The van der Waals surface area contributed by atoms with Gasteiger partial charge in [-0.1, -0.05) is 0 Å². The Morgan fingerprint density at radius 1 is 1.31 bits per heavy atom. The number of aliphatic hydroxyl groups is 1. The minimum atomic E-state index is -0.361. The van der Waals surface area contributed by atoms with E-state index in [9.17, 15) is 5.11 Å². The van der Waals surface area contributed by atoms with Gasteiger partial charge < -0.3 is 19.3 Å². The fourth-order valence-electron chi connectivity index (χ4n) is 1.69. The Kier molecular flexibility index (Phi) is 5.18. The number of hydrogen-bond donors (Lipinski definition) is 1. The van der Waals surface area contributed by atoms with Crippen LogP contribution in [0.2, 0.25) is 0 Å². The van der Waals surface area contributed by atoms with E-state index in [1.165, 1.54) is 0 Å². The summed E-state index contributed by atoms with van der Waals surface area (Å²) < 4.78 is 16.4. The molecular formula is C12H24O4. The predicted octanol–water partition coefficient (Wildman–Crippen LogP) is 1.36. The summed E-state index contributed by atoms with van der Waals surface area (Å²) in [6, 6.07) is 0. The highest BCUT2D eigenvalue weighted by Crippen LogP contribution is 2.27. The van der Waals surface area contributed by atoms with Gasteiger partial charge in [0.1, 0.15) is 6.10 Å². The van der Waals surface area contributed by atoms with Gasteiger partial charge >= 0.3 is 0 Å². The molecule has 16 heavy (non-hydrogen) atoms. The lowest BCUT2D eigenvalue weighted by atomic mass is 9.88. The highest BCUT2D eigenvalue weighted by molar-refractivity contribution is 4.92. The average Bonchev–Trinajstić information content (AvgIpc) is 2.24. The first-order valence-electron chi connectivity index (χ1n) is 5.96. The van der Waals surface area contributed by atoms with E-state index < -0.39 is 0 Å². The summed E-state index contributed by atoms with van der Waals surface area (Å²) in [6.45, 7) is 7.25. The third kappa shape index (κ3) is 3.70. The van der Waals surface area contributed by atoms with E-state index in [1.54, 1.807) is 7.11 Å². The van der Waals surface area contributed by atoms with Crippen molar-refractivity contribution >= 4 is 0 Å². The van der Waals surface area contributed by atoms with Crippen molar-refractivity contribution in [1.82, 2.24) is 0 Å². The van der Waals surface area contributed by atoms with E-state index in [0.29, 0.717) is 19.6 Å². The van der Waals surface area contributed by atoms with Gasteiger partial charge in [-0.25, -0.2) is 0 Å². The lowest BCUT2D eigenvalue weighted by Gasteiger charge is -2.41. The van der Waals surface area contributed by atoms with E-state index in [2.05, 4.69) is 0 Å². The maximum absolute atomic E-state index is 9.48. The molecule has 4 heteroatoms. The molecule has 0 aliphatic heterocycles. The van der Waals surface area contributed by atoms with Gasteiger partial charge in [-0.05, 0) is 27.2 Å². The average molecular weight is 232 g/mol. The van der Waals surface area contributed by atoms with E-state index in [4.69, 9.17) is 14.2 Å². The second-order valence-electron chi connectivity index (χ2n) is 4.85. The zero-order chi connectivity index (χ0) is 12.2. The summed E-state index contributed by atoms with van der Waals surface area (Å²) in [6.07, 6.45) is 1.06. The van der Waals surface area contributed by atoms with Gasteiger partial charge in [0, 0.05) is 26.7 Å². The maximum atomic E-state index is 9.48. The van der Waals surface area contributed by atoms with Crippen LogP contribution in [0.15, 0.2) is 0 Å². The van der Waals surface area contributed by atoms with Gasteiger partial charge in [-0.2, -0.15) is 0 Å². The summed E-state index contributed by atoms with van der Waals surface area (Å²) in [5.41, 5.74) is -0.149. The van der Waals surface area contributed by atoms with Crippen molar-refractivity contribution in [1.29, 1.82) is 0 Å². The molecule has 0 spiro atoms. The Labute approximate surface area is 97.9 Å². The van der Waals surface area contributed by atoms with Crippen LogP contribution in [-0.4, -0.2) is 49.3 Å². The molecule has 0 radical (unpaired) electrons. The molecule has 1 aliphatic rings. The van der Waals surface area contributed by atoms with Gasteiger partial charge in [-0.15, -0.1) is 0 Å². The molecule has 0 aromatic heterocycles. The van der Waals surface area contributed by atoms with Crippen LogP contribution in [0.5, 0.6) is 0 Å². The molecule has 1 N–H and O–H groups in total. The van der Waals surface area contributed by atoms with E-state index >= 15 is 0 Å². The van der Waals surface area contributed by atoms with Gasteiger partial charge in [0.2, 0.25) is 0 Å². The van der Waals surface area contributed by atoms with E-state index in [1.807, 2.05) is 20.8 Å². The maximum Gasteiger partial charge on any atom is 0.110 e.